The molecule has 0 amide bonds. The highest BCUT2D eigenvalue weighted by Crippen LogP contribution is 2.31. The number of rotatable bonds is 5. The van der Waals surface area contributed by atoms with Gasteiger partial charge in [-0.2, -0.15) is 4.39 Å². The number of aromatic nitrogens is 1. The SMILES string of the molecule is CCOC(=O)c1cc2c(cn1)CN(c1cc(F)c(F)c(OC(C)C)c1)CC2. The van der Waals surface area contributed by atoms with Gasteiger partial charge in [-0.05, 0) is 44.4 Å². The summed E-state index contributed by atoms with van der Waals surface area (Å²) in [6.07, 6.45) is 2.03. The second kappa shape index (κ2) is 7.90. The van der Waals surface area contributed by atoms with Gasteiger partial charge in [-0.3, -0.25) is 0 Å². The summed E-state index contributed by atoms with van der Waals surface area (Å²) >= 11 is 0. The number of ether oxygens (including phenoxy) is 2. The van der Waals surface area contributed by atoms with Crippen LogP contribution in [-0.2, 0) is 17.7 Å². The summed E-state index contributed by atoms with van der Waals surface area (Å²) in [4.78, 5) is 17.9. The molecular formula is C20H22F2N2O3. The van der Waals surface area contributed by atoms with E-state index in [1.54, 1.807) is 33.0 Å². The summed E-state index contributed by atoms with van der Waals surface area (Å²) in [6.45, 7) is 6.64. The first kappa shape index (κ1) is 19.1. The summed E-state index contributed by atoms with van der Waals surface area (Å²) < 4.78 is 38.3. The Morgan fingerprint density at radius 3 is 2.74 bits per heavy atom. The topological polar surface area (TPSA) is 51.7 Å². The molecule has 0 fully saturated rings. The first-order valence-corrected chi connectivity index (χ1v) is 8.94. The van der Waals surface area contributed by atoms with Crippen LogP contribution in [0.2, 0.25) is 0 Å². The van der Waals surface area contributed by atoms with Crippen molar-refractivity contribution in [2.24, 2.45) is 0 Å². The lowest BCUT2D eigenvalue weighted by molar-refractivity contribution is 0.0519. The van der Waals surface area contributed by atoms with E-state index >= 15 is 0 Å². The number of esters is 1. The summed E-state index contributed by atoms with van der Waals surface area (Å²) in [7, 11) is 0. The first-order chi connectivity index (χ1) is 12.9. The molecule has 0 radical (unpaired) electrons. The van der Waals surface area contributed by atoms with E-state index in [1.165, 1.54) is 12.1 Å². The zero-order valence-corrected chi connectivity index (χ0v) is 15.6. The quantitative estimate of drug-likeness (QED) is 0.741. The Morgan fingerprint density at radius 1 is 1.26 bits per heavy atom. The fraction of sp³-hybridized carbons (Fsp3) is 0.400. The Morgan fingerprint density at radius 2 is 2.04 bits per heavy atom. The Hall–Kier alpha value is -2.70. The maximum atomic E-state index is 14.0. The van der Waals surface area contributed by atoms with Crippen LogP contribution in [0.4, 0.5) is 14.5 Å². The van der Waals surface area contributed by atoms with Gasteiger partial charge in [-0.25, -0.2) is 14.2 Å². The van der Waals surface area contributed by atoms with Crippen LogP contribution >= 0.6 is 0 Å². The van der Waals surface area contributed by atoms with Crippen LogP contribution in [0.3, 0.4) is 0 Å². The van der Waals surface area contributed by atoms with Crippen molar-refractivity contribution in [1.82, 2.24) is 4.98 Å². The third-order valence-corrected chi connectivity index (χ3v) is 4.29. The Balaban J connectivity index is 1.84. The van der Waals surface area contributed by atoms with E-state index in [-0.39, 0.29) is 17.5 Å². The van der Waals surface area contributed by atoms with E-state index in [9.17, 15) is 13.6 Å². The van der Waals surface area contributed by atoms with Gasteiger partial charge in [0, 0.05) is 37.1 Å². The molecule has 0 N–H and O–H groups in total. The molecule has 0 aliphatic carbocycles. The molecule has 2 heterocycles. The van der Waals surface area contributed by atoms with E-state index in [2.05, 4.69) is 4.98 Å². The molecule has 1 aromatic heterocycles. The average Bonchev–Trinajstić information content (AvgIpc) is 2.64. The third-order valence-electron chi connectivity index (χ3n) is 4.29. The number of hydrogen-bond donors (Lipinski definition) is 0. The number of halogens is 2. The fourth-order valence-corrected chi connectivity index (χ4v) is 3.05. The highest BCUT2D eigenvalue weighted by molar-refractivity contribution is 5.87. The maximum Gasteiger partial charge on any atom is 0.356 e. The molecule has 0 unspecified atom stereocenters. The number of carbonyl (C=O) groups excluding carboxylic acids is 1. The van der Waals surface area contributed by atoms with E-state index in [0.29, 0.717) is 31.8 Å². The zero-order valence-electron chi connectivity index (χ0n) is 15.6. The van der Waals surface area contributed by atoms with E-state index < -0.39 is 17.6 Å². The lowest BCUT2D eigenvalue weighted by Gasteiger charge is -2.31. The van der Waals surface area contributed by atoms with Crippen molar-refractivity contribution in [3.05, 3.63) is 52.9 Å². The minimum absolute atomic E-state index is 0.0958. The van der Waals surface area contributed by atoms with Crippen molar-refractivity contribution in [2.45, 2.75) is 39.8 Å². The molecule has 3 rings (SSSR count). The standard InChI is InChI=1S/C20H22F2N2O3/c1-4-26-20(25)17-7-13-5-6-24(11-14(13)10-23-17)15-8-16(21)19(22)18(9-15)27-12(2)3/h7-10,12H,4-6,11H2,1-3H3. The molecule has 27 heavy (non-hydrogen) atoms. The van der Waals surface area contributed by atoms with Gasteiger partial charge in [-0.1, -0.05) is 0 Å². The Labute approximate surface area is 156 Å². The van der Waals surface area contributed by atoms with Gasteiger partial charge in [0.2, 0.25) is 5.82 Å². The van der Waals surface area contributed by atoms with Gasteiger partial charge in [-0.15, -0.1) is 0 Å². The fourth-order valence-electron chi connectivity index (χ4n) is 3.05. The summed E-state index contributed by atoms with van der Waals surface area (Å²) in [5.41, 5.74) is 2.77. The molecule has 0 bridgehead atoms. The van der Waals surface area contributed by atoms with Crippen molar-refractivity contribution >= 4 is 11.7 Å². The van der Waals surface area contributed by atoms with Gasteiger partial charge in [0.25, 0.3) is 0 Å². The lowest BCUT2D eigenvalue weighted by atomic mass is 10.0. The normalized spacial score (nSPS) is 13.5. The number of carbonyl (C=O) groups is 1. The molecule has 144 valence electrons. The van der Waals surface area contributed by atoms with Crippen LogP contribution in [0, 0.1) is 11.6 Å². The summed E-state index contributed by atoms with van der Waals surface area (Å²) in [5.74, 6) is -2.46. The predicted molar refractivity (Wildman–Crippen MR) is 97.1 cm³/mol. The molecule has 2 aromatic rings. The van der Waals surface area contributed by atoms with E-state index in [1.807, 2.05) is 4.90 Å². The van der Waals surface area contributed by atoms with Crippen molar-refractivity contribution in [3.8, 4) is 5.75 Å². The third kappa shape index (κ3) is 4.18. The molecule has 7 heteroatoms. The second-order valence-corrected chi connectivity index (χ2v) is 6.64. The largest absolute Gasteiger partial charge is 0.488 e. The van der Waals surface area contributed by atoms with Gasteiger partial charge in [0.1, 0.15) is 5.69 Å². The number of hydrogen-bond acceptors (Lipinski definition) is 5. The van der Waals surface area contributed by atoms with Crippen molar-refractivity contribution in [2.75, 3.05) is 18.1 Å². The van der Waals surface area contributed by atoms with Crippen LogP contribution in [0.15, 0.2) is 24.4 Å². The lowest BCUT2D eigenvalue weighted by Crippen LogP contribution is -2.31. The smallest absolute Gasteiger partial charge is 0.356 e. The van der Waals surface area contributed by atoms with Crippen molar-refractivity contribution in [3.63, 3.8) is 0 Å². The maximum absolute atomic E-state index is 14.0. The second-order valence-electron chi connectivity index (χ2n) is 6.64. The predicted octanol–water partition coefficient (Wildman–Crippen LogP) is 3.89. The number of benzene rings is 1. The number of pyridine rings is 1. The van der Waals surface area contributed by atoms with Crippen LogP contribution in [0.5, 0.6) is 5.75 Å². The minimum Gasteiger partial charge on any atom is -0.488 e. The molecule has 1 aliphatic rings. The van der Waals surface area contributed by atoms with E-state index in [0.717, 1.165) is 11.1 Å². The highest BCUT2D eigenvalue weighted by Gasteiger charge is 2.22. The molecule has 0 saturated heterocycles. The average molecular weight is 376 g/mol. The van der Waals surface area contributed by atoms with E-state index in [4.69, 9.17) is 9.47 Å². The van der Waals surface area contributed by atoms with Gasteiger partial charge in [0.05, 0.1) is 12.7 Å². The summed E-state index contributed by atoms with van der Waals surface area (Å²) in [6, 6.07) is 4.43. The van der Waals surface area contributed by atoms with Gasteiger partial charge in [0.15, 0.2) is 11.6 Å². The van der Waals surface area contributed by atoms with Gasteiger partial charge < -0.3 is 14.4 Å². The molecular weight excluding hydrogens is 354 g/mol. The van der Waals surface area contributed by atoms with Gasteiger partial charge >= 0.3 is 5.97 Å². The van der Waals surface area contributed by atoms with Crippen LogP contribution in [-0.4, -0.2) is 30.2 Å². The van der Waals surface area contributed by atoms with Crippen molar-refractivity contribution < 1.29 is 23.0 Å². The molecule has 0 spiro atoms. The molecule has 0 saturated carbocycles. The van der Waals surface area contributed by atoms with Crippen LogP contribution < -0.4 is 9.64 Å². The number of anilines is 1. The minimum atomic E-state index is -0.981. The molecule has 1 aliphatic heterocycles. The Kier molecular flexibility index (Phi) is 5.58. The number of nitrogens with zero attached hydrogens (tertiary/aromatic N) is 2. The molecule has 5 nitrogen and oxygen atoms in total. The first-order valence-electron chi connectivity index (χ1n) is 8.94. The van der Waals surface area contributed by atoms with Crippen LogP contribution in [0.1, 0.15) is 42.4 Å². The Bertz CT molecular complexity index is 855. The number of fused-ring (bicyclic) bond motifs is 1. The monoisotopic (exact) mass is 376 g/mol. The highest BCUT2D eigenvalue weighted by atomic mass is 19.2. The van der Waals surface area contributed by atoms with Crippen LogP contribution in [0.25, 0.3) is 0 Å². The van der Waals surface area contributed by atoms with Crippen molar-refractivity contribution in [1.29, 1.82) is 0 Å². The summed E-state index contributed by atoms with van der Waals surface area (Å²) in [5, 5.41) is 0. The zero-order chi connectivity index (χ0) is 19.6. The molecule has 0 atom stereocenters. The molecule has 1 aromatic carbocycles.